The van der Waals surface area contributed by atoms with Gasteiger partial charge in [-0.05, 0) is 48.9 Å². The number of halogens is 3. The summed E-state index contributed by atoms with van der Waals surface area (Å²) in [5, 5.41) is 7.12. The number of nitrogens with zero attached hydrogens (tertiary/aromatic N) is 4. The number of aliphatic carboxylic acids is 1. The molecule has 8 nitrogen and oxygen atoms in total. The molecule has 0 saturated carbocycles. The third kappa shape index (κ3) is 6.66. The van der Waals surface area contributed by atoms with Crippen LogP contribution in [0.2, 0.25) is 0 Å². The normalized spacial score (nSPS) is 17.7. The molecular formula is C23H27F3N4O4. The minimum absolute atomic E-state index is 0.00559. The van der Waals surface area contributed by atoms with Crippen molar-refractivity contribution < 1.29 is 32.6 Å². The van der Waals surface area contributed by atoms with E-state index in [1.165, 1.54) is 12.0 Å². The maximum absolute atomic E-state index is 12.6. The summed E-state index contributed by atoms with van der Waals surface area (Å²) >= 11 is 0. The Labute approximate surface area is 195 Å². The van der Waals surface area contributed by atoms with E-state index >= 15 is 0 Å². The quantitative estimate of drug-likeness (QED) is 0.718. The zero-order valence-electron chi connectivity index (χ0n) is 18.8. The predicted octanol–water partition coefficient (Wildman–Crippen LogP) is 3.25. The second kappa shape index (κ2) is 10.8. The van der Waals surface area contributed by atoms with Gasteiger partial charge >= 0.3 is 12.1 Å². The van der Waals surface area contributed by atoms with E-state index in [0.29, 0.717) is 11.1 Å². The number of methoxy groups -OCH3 is 1. The number of ether oxygens (including phenoxy) is 1. The topological polar surface area (TPSA) is 95.9 Å². The number of amides is 1. The Morgan fingerprint density at radius 1 is 1.09 bits per heavy atom. The van der Waals surface area contributed by atoms with Gasteiger partial charge in [0.2, 0.25) is 0 Å². The molecule has 3 heterocycles. The van der Waals surface area contributed by atoms with Crippen molar-refractivity contribution in [3.05, 3.63) is 54.1 Å². The second-order valence-electron chi connectivity index (χ2n) is 8.49. The number of hydrogen-bond acceptors (Lipinski definition) is 6. The van der Waals surface area contributed by atoms with Gasteiger partial charge in [-0.25, -0.2) is 9.78 Å². The Morgan fingerprint density at radius 2 is 1.71 bits per heavy atom. The molecule has 11 heteroatoms. The zero-order chi connectivity index (χ0) is 24.8. The minimum Gasteiger partial charge on any atom is -0.497 e. The molecule has 2 fully saturated rings. The van der Waals surface area contributed by atoms with E-state index in [9.17, 15) is 18.0 Å². The number of hydrogen-bond donors (Lipinski definition) is 1. The van der Waals surface area contributed by atoms with Crippen LogP contribution in [0.1, 0.15) is 35.3 Å². The van der Waals surface area contributed by atoms with Gasteiger partial charge in [-0.15, -0.1) is 0 Å². The van der Waals surface area contributed by atoms with Gasteiger partial charge in [-0.2, -0.15) is 13.2 Å². The van der Waals surface area contributed by atoms with Gasteiger partial charge in [-0.1, -0.05) is 12.1 Å². The highest BCUT2D eigenvalue weighted by atomic mass is 19.4. The number of likely N-dealkylation sites (tertiary alicyclic amines) is 2. The molecule has 1 N–H and O–H groups in total. The SMILES string of the molecule is COc1ccc(CN2CCC3(CCN(C(=O)c4cnccn4)CC3)C2)cc1.O=C(O)C(F)(F)F. The van der Waals surface area contributed by atoms with Crippen LogP contribution >= 0.6 is 0 Å². The van der Waals surface area contributed by atoms with Gasteiger partial charge in [0, 0.05) is 38.6 Å². The van der Waals surface area contributed by atoms with Gasteiger partial charge in [0.1, 0.15) is 11.4 Å². The molecule has 2 saturated heterocycles. The van der Waals surface area contributed by atoms with Crippen molar-refractivity contribution >= 4 is 11.9 Å². The average Bonchev–Trinajstić information content (AvgIpc) is 3.21. The third-order valence-corrected chi connectivity index (χ3v) is 6.22. The Kier molecular flexibility index (Phi) is 8.08. The van der Waals surface area contributed by atoms with Gasteiger partial charge in [0.05, 0.1) is 13.3 Å². The Balaban J connectivity index is 0.000000406. The number of alkyl halides is 3. The number of rotatable bonds is 4. The predicted molar refractivity (Wildman–Crippen MR) is 116 cm³/mol. The minimum atomic E-state index is -5.08. The fourth-order valence-electron chi connectivity index (χ4n) is 4.32. The molecule has 1 aromatic carbocycles. The van der Waals surface area contributed by atoms with E-state index in [-0.39, 0.29) is 5.91 Å². The van der Waals surface area contributed by atoms with Crippen molar-refractivity contribution in [2.45, 2.75) is 32.0 Å². The number of carboxylic acid groups (broad SMARTS) is 1. The zero-order valence-corrected chi connectivity index (χ0v) is 18.8. The number of aromatic nitrogens is 2. The van der Waals surface area contributed by atoms with Crippen molar-refractivity contribution in [1.29, 1.82) is 0 Å². The first-order valence-corrected chi connectivity index (χ1v) is 10.8. The van der Waals surface area contributed by atoms with Crippen LogP contribution in [0.15, 0.2) is 42.9 Å². The van der Waals surface area contributed by atoms with Crippen molar-refractivity contribution in [2.24, 2.45) is 5.41 Å². The van der Waals surface area contributed by atoms with Crippen LogP contribution in [-0.2, 0) is 11.3 Å². The second-order valence-corrected chi connectivity index (χ2v) is 8.49. The van der Waals surface area contributed by atoms with E-state index < -0.39 is 12.1 Å². The van der Waals surface area contributed by atoms with Crippen LogP contribution in [0.3, 0.4) is 0 Å². The van der Waals surface area contributed by atoms with Crippen LogP contribution in [0.25, 0.3) is 0 Å². The van der Waals surface area contributed by atoms with E-state index in [4.69, 9.17) is 14.6 Å². The lowest BCUT2D eigenvalue weighted by Crippen LogP contribution is -2.44. The number of carbonyl (C=O) groups is 2. The number of benzene rings is 1. The lowest BCUT2D eigenvalue weighted by Gasteiger charge is -2.39. The average molecular weight is 480 g/mol. The molecule has 0 unspecified atom stereocenters. The Hall–Kier alpha value is -3.21. The monoisotopic (exact) mass is 480 g/mol. The lowest BCUT2D eigenvalue weighted by atomic mass is 9.77. The molecule has 184 valence electrons. The Morgan fingerprint density at radius 3 is 2.24 bits per heavy atom. The van der Waals surface area contributed by atoms with Crippen LogP contribution < -0.4 is 4.74 Å². The van der Waals surface area contributed by atoms with E-state index in [2.05, 4.69) is 27.0 Å². The maximum Gasteiger partial charge on any atom is 0.490 e. The fraction of sp³-hybridized carbons (Fsp3) is 0.478. The molecule has 2 aliphatic rings. The third-order valence-electron chi connectivity index (χ3n) is 6.22. The first kappa shape index (κ1) is 25.4. The summed E-state index contributed by atoms with van der Waals surface area (Å²) in [4.78, 5) is 34.1. The lowest BCUT2D eigenvalue weighted by molar-refractivity contribution is -0.192. The first-order chi connectivity index (χ1) is 16.1. The van der Waals surface area contributed by atoms with Crippen LogP contribution in [0.5, 0.6) is 5.75 Å². The maximum atomic E-state index is 12.6. The summed E-state index contributed by atoms with van der Waals surface area (Å²) < 4.78 is 37.0. The highest BCUT2D eigenvalue weighted by Gasteiger charge is 2.41. The Bertz CT molecular complexity index is 962. The molecule has 0 bridgehead atoms. The van der Waals surface area contributed by atoms with Crippen molar-refractivity contribution in [3.63, 3.8) is 0 Å². The van der Waals surface area contributed by atoms with Crippen molar-refractivity contribution in [2.75, 3.05) is 33.3 Å². The van der Waals surface area contributed by atoms with Crippen LogP contribution in [0.4, 0.5) is 13.2 Å². The summed E-state index contributed by atoms with van der Waals surface area (Å²) in [5.41, 5.74) is 2.12. The van der Waals surface area contributed by atoms with Crippen molar-refractivity contribution in [1.82, 2.24) is 19.8 Å². The van der Waals surface area contributed by atoms with Crippen LogP contribution in [0, 0.1) is 5.41 Å². The molecule has 34 heavy (non-hydrogen) atoms. The number of carboxylic acids is 1. The molecule has 2 aliphatic heterocycles. The summed E-state index contributed by atoms with van der Waals surface area (Å²) in [5.74, 6) is -1.85. The molecule has 2 aromatic rings. The molecule has 0 atom stereocenters. The molecule has 4 rings (SSSR count). The van der Waals surface area contributed by atoms with E-state index in [0.717, 1.165) is 51.3 Å². The molecular weight excluding hydrogens is 453 g/mol. The standard InChI is InChI=1S/C21H26N4O2.C2HF3O2/c1-27-18-4-2-17(3-5-18)15-24-11-6-21(16-24)7-12-25(13-8-21)20(26)19-14-22-9-10-23-19;3-2(4,5)1(6)7/h2-5,9-10,14H,6-8,11-13,15-16H2,1H3;(H,6,7). The van der Waals surface area contributed by atoms with E-state index in [1.807, 2.05) is 17.0 Å². The van der Waals surface area contributed by atoms with Gasteiger partial charge in [-0.3, -0.25) is 14.7 Å². The van der Waals surface area contributed by atoms with Gasteiger partial charge in [0.25, 0.3) is 5.91 Å². The molecule has 1 spiro atoms. The molecule has 1 aromatic heterocycles. The van der Waals surface area contributed by atoms with Gasteiger partial charge in [0.15, 0.2) is 0 Å². The molecule has 0 radical (unpaired) electrons. The number of carbonyl (C=O) groups excluding carboxylic acids is 1. The first-order valence-electron chi connectivity index (χ1n) is 10.8. The largest absolute Gasteiger partial charge is 0.497 e. The van der Waals surface area contributed by atoms with Crippen molar-refractivity contribution in [3.8, 4) is 5.75 Å². The molecule has 1 amide bonds. The van der Waals surface area contributed by atoms with Gasteiger partial charge < -0.3 is 14.7 Å². The highest BCUT2D eigenvalue weighted by molar-refractivity contribution is 5.92. The fourth-order valence-corrected chi connectivity index (χ4v) is 4.32. The van der Waals surface area contributed by atoms with Crippen LogP contribution in [-0.4, -0.2) is 76.2 Å². The molecule has 0 aliphatic carbocycles. The summed E-state index contributed by atoms with van der Waals surface area (Å²) in [6.45, 7) is 4.85. The highest BCUT2D eigenvalue weighted by Crippen LogP contribution is 2.41. The van der Waals surface area contributed by atoms with E-state index in [1.54, 1.807) is 25.7 Å². The number of piperidine rings is 1. The summed E-state index contributed by atoms with van der Waals surface area (Å²) in [7, 11) is 1.70. The smallest absolute Gasteiger partial charge is 0.490 e. The summed E-state index contributed by atoms with van der Waals surface area (Å²) in [6, 6.07) is 8.34. The summed E-state index contributed by atoms with van der Waals surface area (Å²) in [6.07, 6.45) is 3.00.